The van der Waals surface area contributed by atoms with Crippen LogP contribution < -0.4 is 16.0 Å². The first kappa shape index (κ1) is 23.2. The summed E-state index contributed by atoms with van der Waals surface area (Å²) >= 11 is 0. The second kappa shape index (κ2) is 11.8. The lowest BCUT2D eigenvalue weighted by molar-refractivity contribution is -0.141. The van der Waals surface area contributed by atoms with Gasteiger partial charge in [0.05, 0.1) is 0 Å². The minimum absolute atomic E-state index is 0.0424. The van der Waals surface area contributed by atoms with Crippen molar-refractivity contribution in [1.82, 2.24) is 25.5 Å². The van der Waals surface area contributed by atoms with Crippen LogP contribution in [0.4, 0.5) is 19.1 Å². The van der Waals surface area contributed by atoms with Gasteiger partial charge in [0.15, 0.2) is 5.96 Å². The van der Waals surface area contributed by atoms with Crippen molar-refractivity contribution in [2.75, 3.05) is 44.6 Å². The van der Waals surface area contributed by atoms with Crippen molar-refractivity contribution in [1.29, 1.82) is 0 Å². The third-order valence-corrected chi connectivity index (χ3v) is 4.80. The molecule has 7 nitrogen and oxygen atoms in total. The normalized spacial score (nSPS) is 18.5. The van der Waals surface area contributed by atoms with E-state index in [1.807, 2.05) is 6.92 Å². The van der Waals surface area contributed by atoms with Crippen LogP contribution in [0, 0.1) is 0 Å². The number of rotatable bonds is 9. The van der Waals surface area contributed by atoms with Gasteiger partial charge in [-0.3, -0.25) is 4.99 Å². The van der Waals surface area contributed by atoms with Crippen molar-refractivity contribution < 1.29 is 13.2 Å². The molecule has 1 saturated heterocycles. The summed E-state index contributed by atoms with van der Waals surface area (Å²) < 4.78 is 38.0. The molecule has 1 unspecified atom stereocenters. The van der Waals surface area contributed by atoms with Crippen LogP contribution in [-0.2, 0) is 6.18 Å². The number of guanidine groups is 1. The Morgan fingerprint density at radius 3 is 2.83 bits per heavy atom. The standard InChI is InChI=1S/C19H32F3N7/c1-3-23-17(24-9-6-14-29-13-5-4-7-15(29)2)26-11-12-27-18-25-10-8-16(28-18)19(20,21)22/h8,10,15H,3-7,9,11-14H2,1-2H3,(H2,23,24,26)(H,25,27,28). The Morgan fingerprint density at radius 2 is 2.10 bits per heavy atom. The van der Waals surface area contributed by atoms with Gasteiger partial charge in [0.2, 0.25) is 5.95 Å². The Bertz CT molecular complexity index is 636. The second-order valence-electron chi connectivity index (χ2n) is 7.11. The largest absolute Gasteiger partial charge is 0.433 e. The molecule has 0 bridgehead atoms. The van der Waals surface area contributed by atoms with Gasteiger partial charge in [0.25, 0.3) is 0 Å². The van der Waals surface area contributed by atoms with E-state index in [4.69, 9.17) is 0 Å². The number of hydrogen-bond donors (Lipinski definition) is 3. The van der Waals surface area contributed by atoms with E-state index in [9.17, 15) is 13.2 Å². The first-order valence-electron chi connectivity index (χ1n) is 10.3. The fraction of sp³-hybridized carbons (Fsp3) is 0.737. The Kier molecular flexibility index (Phi) is 9.43. The number of aromatic nitrogens is 2. The number of piperidine rings is 1. The van der Waals surface area contributed by atoms with E-state index >= 15 is 0 Å². The quantitative estimate of drug-likeness (QED) is 0.327. The predicted octanol–water partition coefficient (Wildman–Crippen LogP) is 2.73. The van der Waals surface area contributed by atoms with Gasteiger partial charge in [0.1, 0.15) is 5.69 Å². The van der Waals surface area contributed by atoms with Gasteiger partial charge in [-0.25, -0.2) is 9.97 Å². The monoisotopic (exact) mass is 415 g/mol. The number of aliphatic imine (C=N–C) groups is 1. The summed E-state index contributed by atoms with van der Waals surface area (Å²) in [5, 5.41) is 9.14. The summed E-state index contributed by atoms with van der Waals surface area (Å²) in [6.45, 7) is 8.81. The lowest BCUT2D eigenvalue weighted by Crippen LogP contribution is -2.40. The first-order valence-corrected chi connectivity index (χ1v) is 10.3. The van der Waals surface area contributed by atoms with Crippen LogP contribution in [0.2, 0.25) is 0 Å². The molecule has 1 aromatic heterocycles. The van der Waals surface area contributed by atoms with Crippen molar-refractivity contribution in [3.05, 3.63) is 18.0 Å². The Morgan fingerprint density at radius 1 is 1.28 bits per heavy atom. The average molecular weight is 416 g/mol. The Balaban J connectivity index is 1.71. The fourth-order valence-corrected chi connectivity index (χ4v) is 3.25. The predicted molar refractivity (Wildman–Crippen MR) is 109 cm³/mol. The summed E-state index contributed by atoms with van der Waals surface area (Å²) in [4.78, 5) is 14.4. The van der Waals surface area contributed by atoms with Gasteiger partial charge >= 0.3 is 6.18 Å². The third kappa shape index (κ3) is 8.43. The average Bonchev–Trinajstić information content (AvgIpc) is 2.69. The molecule has 3 N–H and O–H groups in total. The van der Waals surface area contributed by atoms with Crippen molar-refractivity contribution >= 4 is 11.9 Å². The summed E-state index contributed by atoms with van der Waals surface area (Å²) in [6.07, 6.45) is 1.49. The zero-order valence-electron chi connectivity index (χ0n) is 17.2. The van der Waals surface area contributed by atoms with E-state index in [0.717, 1.165) is 38.3 Å². The number of nitrogens with zero attached hydrogens (tertiary/aromatic N) is 4. The summed E-state index contributed by atoms with van der Waals surface area (Å²) in [5.74, 6) is 0.658. The van der Waals surface area contributed by atoms with Crippen LogP contribution in [0.15, 0.2) is 17.3 Å². The van der Waals surface area contributed by atoms with Crippen molar-refractivity contribution in [2.45, 2.75) is 51.7 Å². The molecule has 0 amide bonds. The number of halogens is 3. The number of nitrogens with one attached hydrogen (secondary N) is 3. The molecule has 0 saturated carbocycles. The molecule has 0 aliphatic carbocycles. The maximum absolute atomic E-state index is 12.7. The van der Waals surface area contributed by atoms with Gasteiger partial charge < -0.3 is 20.9 Å². The van der Waals surface area contributed by atoms with Gasteiger partial charge in [-0.1, -0.05) is 6.42 Å². The molecule has 29 heavy (non-hydrogen) atoms. The second-order valence-corrected chi connectivity index (χ2v) is 7.11. The van der Waals surface area contributed by atoms with E-state index in [2.05, 4.69) is 42.7 Å². The molecule has 1 fully saturated rings. The number of anilines is 1. The fourth-order valence-electron chi connectivity index (χ4n) is 3.25. The van der Waals surface area contributed by atoms with Gasteiger partial charge in [-0.2, -0.15) is 13.2 Å². The van der Waals surface area contributed by atoms with Crippen molar-refractivity contribution in [3.8, 4) is 0 Å². The van der Waals surface area contributed by atoms with Crippen molar-refractivity contribution in [3.63, 3.8) is 0 Å². The highest BCUT2D eigenvalue weighted by molar-refractivity contribution is 5.79. The van der Waals surface area contributed by atoms with Crippen LogP contribution in [0.5, 0.6) is 0 Å². The maximum Gasteiger partial charge on any atom is 0.433 e. The maximum atomic E-state index is 12.7. The van der Waals surface area contributed by atoms with Crippen LogP contribution in [0.1, 0.15) is 45.2 Å². The minimum atomic E-state index is -4.48. The molecule has 1 aromatic rings. The number of likely N-dealkylation sites (tertiary alicyclic amines) is 1. The molecule has 0 aromatic carbocycles. The molecule has 2 rings (SSSR count). The zero-order chi connectivity index (χ0) is 21.1. The third-order valence-electron chi connectivity index (χ3n) is 4.80. The van der Waals surface area contributed by atoms with Gasteiger partial charge in [0, 0.05) is 45.0 Å². The molecular formula is C19H32F3N7. The molecule has 0 spiro atoms. The highest BCUT2D eigenvalue weighted by Gasteiger charge is 2.32. The number of hydrogen-bond acceptors (Lipinski definition) is 5. The highest BCUT2D eigenvalue weighted by Crippen LogP contribution is 2.27. The molecule has 1 aliphatic heterocycles. The van der Waals surface area contributed by atoms with Crippen LogP contribution >= 0.6 is 0 Å². The van der Waals surface area contributed by atoms with E-state index in [1.165, 1.54) is 25.8 Å². The van der Waals surface area contributed by atoms with E-state index in [1.54, 1.807) is 0 Å². The van der Waals surface area contributed by atoms with Crippen molar-refractivity contribution in [2.24, 2.45) is 4.99 Å². The molecule has 164 valence electrons. The van der Waals surface area contributed by atoms with Crippen LogP contribution in [0.3, 0.4) is 0 Å². The summed E-state index contributed by atoms with van der Waals surface area (Å²) in [5.41, 5.74) is -0.958. The Labute approximate surface area is 170 Å². The van der Waals surface area contributed by atoms with Gasteiger partial charge in [-0.15, -0.1) is 0 Å². The summed E-state index contributed by atoms with van der Waals surface area (Å²) in [7, 11) is 0. The smallest absolute Gasteiger partial charge is 0.357 e. The molecular weight excluding hydrogens is 383 g/mol. The highest BCUT2D eigenvalue weighted by atomic mass is 19.4. The Hall–Kier alpha value is -2.10. The number of alkyl halides is 3. The zero-order valence-corrected chi connectivity index (χ0v) is 17.2. The van der Waals surface area contributed by atoms with E-state index in [0.29, 0.717) is 25.1 Å². The van der Waals surface area contributed by atoms with Crippen LogP contribution in [-0.4, -0.2) is 66.1 Å². The van der Waals surface area contributed by atoms with E-state index < -0.39 is 11.9 Å². The first-order chi connectivity index (χ1) is 13.9. The lowest BCUT2D eigenvalue weighted by atomic mass is 10.0. The minimum Gasteiger partial charge on any atom is -0.357 e. The molecule has 1 atom stereocenters. The molecule has 2 heterocycles. The summed E-state index contributed by atoms with van der Waals surface area (Å²) in [6, 6.07) is 1.51. The van der Waals surface area contributed by atoms with Crippen LogP contribution in [0.25, 0.3) is 0 Å². The molecule has 1 aliphatic rings. The lowest BCUT2D eigenvalue weighted by Gasteiger charge is -2.33. The topological polar surface area (TPSA) is 77.5 Å². The molecule has 10 heteroatoms. The SMILES string of the molecule is CCNC(=NCCCN1CCCCC1C)NCCNc1nccc(C(F)(F)F)n1. The molecule has 0 radical (unpaired) electrons. The van der Waals surface area contributed by atoms with E-state index in [-0.39, 0.29) is 5.95 Å². The van der Waals surface area contributed by atoms with Gasteiger partial charge in [-0.05, 0) is 45.7 Å².